The Kier molecular flexibility index (Phi) is 4.46. The van der Waals surface area contributed by atoms with Crippen LogP contribution in [0.1, 0.15) is 4.88 Å². The molecule has 0 aliphatic heterocycles. The molecule has 102 valence electrons. The van der Waals surface area contributed by atoms with Gasteiger partial charge in [-0.1, -0.05) is 6.07 Å². The van der Waals surface area contributed by atoms with Gasteiger partial charge in [0.15, 0.2) is 0 Å². The van der Waals surface area contributed by atoms with Crippen LogP contribution in [0.5, 0.6) is 0 Å². The van der Waals surface area contributed by atoms with Crippen molar-refractivity contribution in [2.24, 2.45) is 5.14 Å². The second-order valence-corrected chi connectivity index (χ2v) is 7.63. The molecular weight excluding hydrogens is 350 g/mol. The van der Waals surface area contributed by atoms with Gasteiger partial charge in [0.1, 0.15) is 0 Å². The lowest BCUT2D eigenvalue weighted by Crippen LogP contribution is -2.21. The Hall–Kier alpha value is -1.09. The summed E-state index contributed by atoms with van der Waals surface area (Å²) in [7, 11) is -3.74. The van der Waals surface area contributed by atoms with E-state index >= 15 is 0 Å². The summed E-state index contributed by atoms with van der Waals surface area (Å²) in [4.78, 5) is 1.18. The van der Waals surface area contributed by atoms with Gasteiger partial charge < -0.3 is 5.32 Å². The zero-order chi connectivity index (χ0) is 13.9. The fraction of sp³-hybridized carbons (Fsp3) is 0.0909. The summed E-state index contributed by atoms with van der Waals surface area (Å²) in [5.41, 5.74) is 1.25. The maximum atomic E-state index is 10.9. The molecule has 0 aliphatic carbocycles. The molecule has 5 nitrogen and oxygen atoms in total. The Bertz CT molecular complexity index is 670. The minimum Gasteiger partial charge on any atom is -0.380 e. The Balaban J connectivity index is 2.03. The van der Waals surface area contributed by atoms with Gasteiger partial charge in [-0.05, 0) is 46.3 Å². The van der Waals surface area contributed by atoms with Crippen LogP contribution in [0.25, 0.3) is 0 Å². The van der Waals surface area contributed by atoms with Gasteiger partial charge in [0.2, 0.25) is 0 Å². The normalized spacial score (nSPS) is 11.3. The maximum Gasteiger partial charge on any atom is 0.296 e. The standard InChI is InChI=1S/C11H12BrN3O2S2/c12-11-5-4-10(18-11)7-14-8-2-1-3-9(6-8)15-19(13,16)17/h1-6,14-15H,7H2,(H2,13,16,17). The Morgan fingerprint density at radius 3 is 2.58 bits per heavy atom. The number of rotatable bonds is 5. The number of thiophene rings is 1. The second kappa shape index (κ2) is 5.91. The molecule has 1 aromatic heterocycles. The smallest absolute Gasteiger partial charge is 0.296 e. The van der Waals surface area contributed by atoms with Crippen molar-refractivity contribution < 1.29 is 8.42 Å². The average Bonchev–Trinajstić information content (AvgIpc) is 2.71. The minimum atomic E-state index is -3.74. The van der Waals surface area contributed by atoms with Crippen molar-refractivity contribution in [3.8, 4) is 0 Å². The molecule has 0 radical (unpaired) electrons. The molecule has 0 fully saturated rings. The maximum absolute atomic E-state index is 10.9. The van der Waals surface area contributed by atoms with Crippen LogP contribution in [0.15, 0.2) is 40.2 Å². The van der Waals surface area contributed by atoms with E-state index in [1.54, 1.807) is 29.5 Å². The number of halogens is 1. The zero-order valence-corrected chi connectivity index (χ0v) is 13.0. The molecule has 1 aromatic carbocycles. The summed E-state index contributed by atoms with van der Waals surface area (Å²) in [6.07, 6.45) is 0. The van der Waals surface area contributed by atoms with Crippen LogP contribution >= 0.6 is 27.3 Å². The van der Waals surface area contributed by atoms with E-state index in [0.717, 1.165) is 9.47 Å². The summed E-state index contributed by atoms with van der Waals surface area (Å²) in [5.74, 6) is 0. The number of hydrogen-bond acceptors (Lipinski definition) is 4. The molecule has 0 aliphatic rings. The van der Waals surface area contributed by atoms with Gasteiger partial charge in [0.25, 0.3) is 10.2 Å². The summed E-state index contributed by atoms with van der Waals surface area (Å²) >= 11 is 5.05. The third-order valence-corrected chi connectivity index (χ3v) is 4.36. The first kappa shape index (κ1) is 14.3. The van der Waals surface area contributed by atoms with E-state index in [4.69, 9.17) is 5.14 Å². The Labute approximate surface area is 124 Å². The summed E-state index contributed by atoms with van der Waals surface area (Å²) in [5, 5.41) is 8.14. The highest BCUT2D eigenvalue weighted by Gasteiger charge is 2.03. The van der Waals surface area contributed by atoms with Crippen molar-refractivity contribution in [1.29, 1.82) is 0 Å². The molecule has 0 saturated heterocycles. The molecule has 0 spiro atoms. The van der Waals surface area contributed by atoms with Crippen molar-refractivity contribution in [3.05, 3.63) is 45.1 Å². The van der Waals surface area contributed by atoms with Gasteiger partial charge in [-0.15, -0.1) is 11.3 Å². The largest absolute Gasteiger partial charge is 0.380 e. The van der Waals surface area contributed by atoms with Crippen molar-refractivity contribution in [2.75, 3.05) is 10.0 Å². The number of anilines is 2. The van der Waals surface area contributed by atoms with Crippen LogP contribution in [0, 0.1) is 0 Å². The lowest BCUT2D eigenvalue weighted by molar-refractivity contribution is 0.603. The van der Waals surface area contributed by atoms with E-state index in [2.05, 4.69) is 26.0 Å². The zero-order valence-electron chi connectivity index (χ0n) is 9.76. The highest BCUT2D eigenvalue weighted by atomic mass is 79.9. The second-order valence-electron chi connectivity index (χ2n) is 3.79. The Morgan fingerprint density at radius 1 is 1.21 bits per heavy atom. The van der Waals surface area contributed by atoms with E-state index in [1.807, 2.05) is 18.2 Å². The summed E-state index contributed by atoms with van der Waals surface area (Å²) < 4.78 is 25.2. The number of benzene rings is 1. The van der Waals surface area contributed by atoms with Crippen molar-refractivity contribution in [1.82, 2.24) is 0 Å². The van der Waals surface area contributed by atoms with Crippen LogP contribution in [0.4, 0.5) is 11.4 Å². The van der Waals surface area contributed by atoms with Crippen LogP contribution < -0.4 is 15.2 Å². The highest BCUT2D eigenvalue weighted by Crippen LogP contribution is 2.23. The van der Waals surface area contributed by atoms with Gasteiger partial charge in [-0.2, -0.15) is 8.42 Å². The minimum absolute atomic E-state index is 0.430. The SMILES string of the molecule is NS(=O)(=O)Nc1cccc(NCc2ccc(Br)s2)c1. The monoisotopic (exact) mass is 361 g/mol. The molecule has 2 rings (SSSR count). The molecule has 0 unspecified atom stereocenters. The van der Waals surface area contributed by atoms with E-state index in [1.165, 1.54) is 4.88 Å². The molecule has 8 heteroatoms. The third-order valence-electron chi connectivity index (χ3n) is 2.22. The van der Waals surface area contributed by atoms with E-state index in [0.29, 0.717) is 12.2 Å². The quantitative estimate of drug-likeness (QED) is 0.765. The van der Waals surface area contributed by atoms with Gasteiger partial charge in [0, 0.05) is 17.1 Å². The molecule has 0 atom stereocenters. The summed E-state index contributed by atoms with van der Waals surface area (Å²) in [6, 6.07) is 10.9. The van der Waals surface area contributed by atoms with E-state index in [-0.39, 0.29) is 0 Å². The van der Waals surface area contributed by atoms with Crippen LogP contribution in [0.3, 0.4) is 0 Å². The molecule has 1 heterocycles. The topological polar surface area (TPSA) is 84.2 Å². The molecule has 0 amide bonds. The van der Waals surface area contributed by atoms with Gasteiger partial charge >= 0.3 is 0 Å². The van der Waals surface area contributed by atoms with Gasteiger partial charge in [-0.25, -0.2) is 5.14 Å². The highest BCUT2D eigenvalue weighted by molar-refractivity contribution is 9.11. The first-order chi connectivity index (χ1) is 8.92. The molecule has 19 heavy (non-hydrogen) atoms. The van der Waals surface area contributed by atoms with Gasteiger partial charge in [-0.3, -0.25) is 4.72 Å². The predicted molar refractivity (Wildman–Crippen MR) is 82.5 cm³/mol. The summed E-state index contributed by atoms with van der Waals surface area (Å²) in [6.45, 7) is 0.676. The predicted octanol–water partition coefficient (Wildman–Crippen LogP) is 2.74. The fourth-order valence-corrected chi connectivity index (χ4v) is 3.37. The molecule has 4 N–H and O–H groups in total. The first-order valence-corrected chi connectivity index (χ1v) is 8.47. The van der Waals surface area contributed by atoms with E-state index in [9.17, 15) is 8.42 Å². The van der Waals surface area contributed by atoms with Crippen molar-refractivity contribution >= 4 is 48.9 Å². The Morgan fingerprint density at radius 2 is 1.95 bits per heavy atom. The lowest BCUT2D eigenvalue weighted by Gasteiger charge is -2.08. The fourth-order valence-electron chi connectivity index (χ4n) is 1.49. The van der Waals surface area contributed by atoms with Crippen LogP contribution in [0.2, 0.25) is 0 Å². The number of hydrogen-bond donors (Lipinski definition) is 3. The molecule has 0 bridgehead atoms. The van der Waals surface area contributed by atoms with Crippen LogP contribution in [-0.2, 0) is 16.8 Å². The number of nitrogens with one attached hydrogen (secondary N) is 2. The van der Waals surface area contributed by atoms with Crippen LogP contribution in [-0.4, -0.2) is 8.42 Å². The van der Waals surface area contributed by atoms with Crippen molar-refractivity contribution in [3.63, 3.8) is 0 Å². The lowest BCUT2D eigenvalue weighted by atomic mass is 10.3. The first-order valence-electron chi connectivity index (χ1n) is 5.31. The molecular formula is C11H12BrN3O2S2. The third kappa shape index (κ3) is 4.83. The molecule has 0 saturated carbocycles. The van der Waals surface area contributed by atoms with E-state index < -0.39 is 10.2 Å². The molecule has 2 aromatic rings. The van der Waals surface area contributed by atoms with Crippen molar-refractivity contribution in [2.45, 2.75) is 6.54 Å². The number of nitrogens with two attached hydrogens (primary N) is 1. The van der Waals surface area contributed by atoms with Gasteiger partial charge in [0.05, 0.1) is 9.47 Å². The average molecular weight is 362 g/mol.